The standard InChI is InChI=1S/C30H34N6O4S2/c1-29(2,3)40-27(38)23(33-26(37)24-30(4,5)41-18-35(24)42-21-8-6-14-31-17-21)16-19-10-12-20(13-11-19)36-25-22(34-28(36)39)9-7-15-32-25/h6-15,17,23-24H,16,18H2,1-5H3,(H,33,37)(H,34,39)/t23-,24+/m0/s1. The van der Waals surface area contributed by atoms with Crippen LogP contribution in [0.4, 0.5) is 0 Å². The first kappa shape index (κ1) is 29.9. The number of benzene rings is 1. The number of fused-ring (bicyclic) bond motifs is 1. The Balaban J connectivity index is 1.38. The Hall–Kier alpha value is -3.61. The van der Waals surface area contributed by atoms with Crippen LogP contribution in [-0.4, -0.2) is 64.0 Å². The Bertz CT molecular complexity index is 1630. The average Bonchev–Trinajstić information content (AvgIpc) is 3.42. The lowest BCUT2D eigenvalue weighted by atomic mass is 10.0. The Labute approximate surface area is 252 Å². The second kappa shape index (κ2) is 11.9. The molecule has 2 atom stereocenters. The molecule has 10 nitrogen and oxygen atoms in total. The fraction of sp³-hybridized carbons (Fsp3) is 0.367. The first-order valence-electron chi connectivity index (χ1n) is 13.6. The van der Waals surface area contributed by atoms with Crippen LogP contribution in [0.3, 0.4) is 0 Å². The van der Waals surface area contributed by atoms with Crippen molar-refractivity contribution in [3.05, 3.63) is 83.2 Å². The van der Waals surface area contributed by atoms with Crippen LogP contribution in [0.2, 0.25) is 0 Å². The number of imidazole rings is 1. The number of hydrogen-bond donors (Lipinski definition) is 2. The SMILES string of the molecule is CC(C)(C)OC(=O)[C@H](Cc1ccc(-n2c(=O)[nH]c3cccnc32)cc1)NC(=O)[C@H]1N(Sc2cccnc2)CSC1(C)C. The van der Waals surface area contributed by atoms with Gasteiger partial charge in [0.05, 0.1) is 17.1 Å². The molecule has 1 aromatic carbocycles. The van der Waals surface area contributed by atoms with E-state index in [1.54, 1.807) is 75.4 Å². The maximum Gasteiger partial charge on any atom is 0.332 e. The summed E-state index contributed by atoms with van der Waals surface area (Å²) in [5.74, 6) is -0.108. The number of carbonyl (C=O) groups is 2. The third kappa shape index (κ3) is 6.71. The summed E-state index contributed by atoms with van der Waals surface area (Å²) < 4.78 is 8.86. The van der Waals surface area contributed by atoms with Gasteiger partial charge in [0.1, 0.15) is 17.7 Å². The highest BCUT2D eigenvalue weighted by atomic mass is 32.2. The van der Waals surface area contributed by atoms with Crippen LogP contribution >= 0.6 is 23.7 Å². The number of thioether (sulfide) groups is 1. The lowest BCUT2D eigenvalue weighted by Crippen LogP contribution is -2.55. The summed E-state index contributed by atoms with van der Waals surface area (Å²) in [6, 6.07) is 13.2. The summed E-state index contributed by atoms with van der Waals surface area (Å²) in [5.41, 5.74) is 1.60. The molecule has 0 bridgehead atoms. The third-order valence-electron chi connectivity index (χ3n) is 6.70. The van der Waals surface area contributed by atoms with E-state index in [1.165, 1.54) is 16.5 Å². The van der Waals surface area contributed by atoms with Gasteiger partial charge in [-0.15, -0.1) is 11.8 Å². The van der Waals surface area contributed by atoms with E-state index in [0.717, 1.165) is 10.5 Å². The van der Waals surface area contributed by atoms with Crippen molar-refractivity contribution in [2.24, 2.45) is 0 Å². The number of carbonyl (C=O) groups excluding carboxylic acids is 2. The van der Waals surface area contributed by atoms with Crippen molar-refractivity contribution >= 4 is 46.8 Å². The number of nitrogens with zero attached hydrogens (tertiary/aromatic N) is 4. The minimum atomic E-state index is -0.910. The summed E-state index contributed by atoms with van der Waals surface area (Å²) in [4.78, 5) is 52.1. The summed E-state index contributed by atoms with van der Waals surface area (Å²) in [6.07, 6.45) is 5.33. The molecule has 2 N–H and O–H groups in total. The average molecular weight is 607 g/mol. The van der Waals surface area contributed by atoms with Gasteiger partial charge in [-0.25, -0.2) is 23.4 Å². The van der Waals surface area contributed by atoms with Gasteiger partial charge in [0.15, 0.2) is 5.65 Å². The van der Waals surface area contributed by atoms with Gasteiger partial charge in [-0.3, -0.25) is 9.78 Å². The first-order chi connectivity index (χ1) is 19.9. The quantitative estimate of drug-likeness (QED) is 0.223. The number of nitrogens with one attached hydrogen (secondary N) is 2. The largest absolute Gasteiger partial charge is 0.458 e. The van der Waals surface area contributed by atoms with Gasteiger partial charge >= 0.3 is 11.7 Å². The molecule has 0 spiro atoms. The predicted molar refractivity (Wildman–Crippen MR) is 165 cm³/mol. The normalized spacial score (nSPS) is 17.7. The molecule has 0 unspecified atom stereocenters. The van der Waals surface area contributed by atoms with Crippen molar-refractivity contribution in [1.82, 2.24) is 29.1 Å². The van der Waals surface area contributed by atoms with Crippen LogP contribution in [0.5, 0.6) is 0 Å². The lowest BCUT2D eigenvalue weighted by Gasteiger charge is -2.31. The molecule has 1 amide bonds. The molecule has 1 aliphatic rings. The summed E-state index contributed by atoms with van der Waals surface area (Å²) in [7, 11) is 0. The van der Waals surface area contributed by atoms with Gasteiger partial charge in [-0.1, -0.05) is 12.1 Å². The highest BCUT2D eigenvalue weighted by molar-refractivity contribution is 8.03. The highest BCUT2D eigenvalue weighted by Gasteiger charge is 2.47. The zero-order valence-electron chi connectivity index (χ0n) is 24.2. The molecule has 220 valence electrons. The fourth-order valence-electron chi connectivity index (χ4n) is 4.81. The van der Waals surface area contributed by atoms with Crippen molar-refractivity contribution in [1.29, 1.82) is 0 Å². The van der Waals surface area contributed by atoms with Gasteiger partial charge in [-0.05, 0) is 88.5 Å². The zero-order valence-corrected chi connectivity index (χ0v) is 25.8. The maximum atomic E-state index is 13.9. The molecular weight excluding hydrogens is 573 g/mol. The summed E-state index contributed by atoms with van der Waals surface area (Å²) in [6.45, 7) is 9.47. The van der Waals surface area contributed by atoms with E-state index in [0.29, 0.717) is 22.7 Å². The van der Waals surface area contributed by atoms with Crippen LogP contribution < -0.4 is 11.0 Å². The molecule has 4 heterocycles. The first-order valence-corrected chi connectivity index (χ1v) is 15.3. The molecule has 1 fully saturated rings. The lowest BCUT2D eigenvalue weighted by molar-refractivity contribution is -0.158. The maximum absolute atomic E-state index is 13.9. The molecule has 1 saturated heterocycles. The van der Waals surface area contributed by atoms with Crippen molar-refractivity contribution < 1.29 is 14.3 Å². The topological polar surface area (TPSA) is 122 Å². The Morgan fingerprint density at radius 3 is 2.60 bits per heavy atom. The number of aromatic amines is 1. The van der Waals surface area contributed by atoms with Crippen LogP contribution in [0.15, 0.2) is 76.8 Å². The third-order valence-corrected chi connectivity index (χ3v) is 9.27. The minimum absolute atomic E-state index is 0.220. The second-order valence-corrected chi connectivity index (χ2v) is 14.3. The molecule has 12 heteroatoms. The van der Waals surface area contributed by atoms with Crippen molar-refractivity contribution in [3.63, 3.8) is 0 Å². The number of amides is 1. The molecule has 1 aliphatic heterocycles. The molecular formula is C30H34N6O4S2. The number of pyridine rings is 2. The number of H-pyrrole nitrogens is 1. The number of ether oxygens (including phenoxy) is 1. The minimum Gasteiger partial charge on any atom is -0.458 e. The molecule has 3 aromatic heterocycles. The molecule has 0 saturated carbocycles. The number of esters is 1. The molecule has 0 aliphatic carbocycles. The molecule has 0 radical (unpaired) electrons. The van der Waals surface area contributed by atoms with Crippen molar-refractivity contribution in [2.75, 3.05) is 5.88 Å². The van der Waals surface area contributed by atoms with E-state index in [4.69, 9.17) is 4.74 Å². The monoisotopic (exact) mass is 606 g/mol. The van der Waals surface area contributed by atoms with Gasteiger partial charge < -0.3 is 15.0 Å². The summed E-state index contributed by atoms with van der Waals surface area (Å²) >= 11 is 3.17. The van der Waals surface area contributed by atoms with E-state index >= 15 is 0 Å². The Morgan fingerprint density at radius 1 is 1.17 bits per heavy atom. The van der Waals surface area contributed by atoms with Gasteiger partial charge in [-0.2, -0.15) is 0 Å². The molecule has 4 aromatic rings. The van der Waals surface area contributed by atoms with Crippen molar-refractivity contribution in [2.45, 2.75) is 68.4 Å². The van der Waals surface area contributed by atoms with Crippen LogP contribution in [0, 0.1) is 0 Å². The number of hydrogen-bond acceptors (Lipinski definition) is 9. The highest BCUT2D eigenvalue weighted by Crippen LogP contribution is 2.44. The van der Waals surface area contributed by atoms with Gasteiger partial charge in [0.25, 0.3) is 0 Å². The summed E-state index contributed by atoms with van der Waals surface area (Å²) in [5, 5.41) is 3.01. The van der Waals surface area contributed by atoms with Crippen LogP contribution in [0.1, 0.15) is 40.2 Å². The fourth-order valence-corrected chi connectivity index (χ4v) is 7.23. The molecule has 42 heavy (non-hydrogen) atoms. The van der Waals surface area contributed by atoms with Crippen molar-refractivity contribution in [3.8, 4) is 5.69 Å². The predicted octanol–water partition coefficient (Wildman–Crippen LogP) is 4.34. The van der Waals surface area contributed by atoms with Gasteiger partial charge in [0, 0.05) is 34.7 Å². The Kier molecular flexibility index (Phi) is 8.49. The zero-order chi connectivity index (χ0) is 30.1. The van der Waals surface area contributed by atoms with E-state index in [9.17, 15) is 14.4 Å². The number of rotatable bonds is 8. The number of aromatic nitrogens is 4. The van der Waals surface area contributed by atoms with E-state index in [2.05, 4.69) is 20.3 Å². The Morgan fingerprint density at radius 2 is 1.90 bits per heavy atom. The van der Waals surface area contributed by atoms with Gasteiger partial charge in [0.2, 0.25) is 5.91 Å². The van der Waals surface area contributed by atoms with E-state index in [-0.39, 0.29) is 22.8 Å². The van der Waals surface area contributed by atoms with Crippen LogP contribution in [-0.2, 0) is 20.7 Å². The smallest absolute Gasteiger partial charge is 0.332 e. The van der Waals surface area contributed by atoms with Crippen LogP contribution in [0.25, 0.3) is 16.9 Å². The second-order valence-electron chi connectivity index (χ2n) is 11.6. The molecule has 5 rings (SSSR count). The van der Waals surface area contributed by atoms with E-state index in [1.807, 2.05) is 42.4 Å². The van der Waals surface area contributed by atoms with E-state index < -0.39 is 23.7 Å².